The second kappa shape index (κ2) is 9.11. The van der Waals surface area contributed by atoms with Gasteiger partial charge in [-0.3, -0.25) is 19.5 Å². The molecule has 2 heterocycles. The van der Waals surface area contributed by atoms with Gasteiger partial charge in [-0.2, -0.15) is 0 Å². The first-order valence-corrected chi connectivity index (χ1v) is 10.1. The van der Waals surface area contributed by atoms with Crippen LogP contribution in [0.25, 0.3) is 5.57 Å². The van der Waals surface area contributed by atoms with E-state index in [4.69, 9.17) is 21.1 Å². The molecule has 0 saturated carbocycles. The molecule has 1 aliphatic rings. The Kier molecular flexibility index (Phi) is 6.09. The third kappa shape index (κ3) is 4.02. The predicted molar refractivity (Wildman–Crippen MR) is 121 cm³/mol. The van der Waals surface area contributed by atoms with Crippen LogP contribution in [-0.2, 0) is 16.1 Å². The number of rotatable bonds is 7. The molecule has 162 valence electrons. The summed E-state index contributed by atoms with van der Waals surface area (Å²) in [7, 11) is 3.04. The van der Waals surface area contributed by atoms with Crippen molar-refractivity contribution in [2.24, 2.45) is 0 Å². The highest BCUT2D eigenvalue weighted by Crippen LogP contribution is 2.36. The molecule has 0 atom stereocenters. The molecule has 1 aliphatic heterocycles. The number of hydrogen-bond acceptors (Lipinski definition) is 6. The maximum atomic E-state index is 13.4. The summed E-state index contributed by atoms with van der Waals surface area (Å²) in [4.78, 5) is 32.1. The summed E-state index contributed by atoms with van der Waals surface area (Å²) in [6.07, 6.45) is 3.26. The average Bonchev–Trinajstić information content (AvgIpc) is 3.04. The minimum atomic E-state index is -0.452. The van der Waals surface area contributed by atoms with Crippen molar-refractivity contribution in [3.63, 3.8) is 0 Å². The van der Waals surface area contributed by atoms with Crippen LogP contribution in [-0.4, -0.2) is 35.9 Å². The van der Waals surface area contributed by atoms with Gasteiger partial charge in [-0.25, -0.2) is 0 Å². The number of methoxy groups -OCH3 is 2. The van der Waals surface area contributed by atoms with Crippen LogP contribution in [0.2, 0.25) is 5.02 Å². The van der Waals surface area contributed by atoms with Crippen LogP contribution >= 0.6 is 11.6 Å². The number of imide groups is 1. The lowest BCUT2D eigenvalue weighted by Gasteiger charge is -2.15. The maximum Gasteiger partial charge on any atom is 0.278 e. The zero-order chi connectivity index (χ0) is 22.7. The van der Waals surface area contributed by atoms with E-state index in [1.54, 1.807) is 60.9 Å². The van der Waals surface area contributed by atoms with Crippen molar-refractivity contribution in [1.29, 1.82) is 0 Å². The van der Waals surface area contributed by atoms with Gasteiger partial charge in [-0.15, -0.1) is 0 Å². The molecule has 0 radical (unpaired) electrons. The van der Waals surface area contributed by atoms with Crippen molar-refractivity contribution in [3.05, 3.63) is 88.8 Å². The Morgan fingerprint density at radius 1 is 0.969 bits per heavy atom. The Morgan fingerprint density at radius 3 is 2.44 bits per heavy atom. The summed E-state index contributed by atoms with van der Waals surface area (Å²) in [6.45, 7) is 0.0959. The number of nitrogens with zero attached hydrogens (tertiary/aromatic N) is 2. The van der Waals surface area contributed by atoms with Gasteiger partial charge in [-0.05, 0) is 35.9 Å². The smallest absolute Gasteiger partial charge is 0.278 e. The number of para-hydroxylation sites is 1. The van der Waals surface area contributed by atoms with Crippen LogP contribution in [0.5, 0.6) is 11.5 Å². The van der Waals surface area contributed by atoms with E-state index < -0.39 is 11.8 Å². The summed E-state index contributed by atoms with van der Waals surface area (Å²) in [6, 6.07) is 15.7. The van der Waals surface area contributed by atoms with E-state index in [1.165, 1.54) is 19.1 Å². The Labute approximate surface area is 190 Å². The molecule has 0 aliphatic carbocycles. The number of carbonyl (C=O) groups excluding carboxylic acids is 2. The van der Waals surface area contributed by atoms with Crippen LogP contribution in [0.1, 0.15) is 11.1 Å². The molecule has 32 heavy (non-hydrogen) atoms. The van der Waals surface area contributed by atoms with E-state index in [0.717, 1.165) is 5.56 Å². The van der Waals surface area contributed by atoms with E-state index in [2.05, 4.69) is 10.3 Å². The Balaban J connectivity index is 1.78. The molecule has 0 saturated heterocycles. The quantitative estimate of drug-likeness (QED) is 0.546. The minimum Gasteiger partial charge on any atom is -0.496 e. The first-order valence-electron chi connectivity index (χ1n) is 9.76. The second-order valence-electron chi connectivity index (χ2n) is 6.98. The summed E-state index contributed by atoms with van der Waals surface area (Å²) in [5.74, 6) is 0.110. The predicted octanol–water partition coefficient (Wildman–Crippen LogP) is 4.14. The van der Waals surface area contributed by atoms with Crippen molar-refractivity contribution < 1.29 is 19.1 Å². The van der Waals surface area contributed by atoms with Gasteiger partial charge in [0, 0.05) is 23.6 Å². The average molecular weight is 450 g/mol. The van der Waals surface area contributed by atoms with Crippen molar-refractivity contribution in [1.82, 2.24) is 9.88 Å². The standard InChI is InChI=1S/C24H20ClN3O4/c1-31-19-8-4-3-7-17(19)21-22(27-16-9-10-20(32-2)18(25)12-16)24(30)28(23(21)29)14-15-6-5-11-26-13-15/h3-13,27H,14H2,1-2H3. The second-order valence-corrected chi connectivity index (χ2v) is 7.39. The van der Waals surface area contributed by atoms with Crippen LogP contribution < -0.4 is 14.8 Å². The number of amides is 2. The lowest BCUT2D eigenvalue weighted by molar-refractivity contribution is -0.137. The fourth-order valence-corrected chi connectivity index (χ4v) is 3.76. The van der Waals surface area contributed by atoms with E-state index in [0.29, 0.717) is 27.8 Å². The van der Waals surface area contributed by atoms with Gasteiger partial charge < -0.3 is 14.8 Å². The summed E-state index contributed by atoms with van der Waals surface area (Å²) in [5, 5.41) is 3.46. The van der Waals surface area contributed by atoms with Gasteiger partial charge in [0.25, 0.3) is 11.8 Å². The SMILES string of the molecule is COc1ccc(NC2=C(c3ccccc3OC)C(=O)N(Cc3cccnc3)C2=O)cc1Cl. The summed E-state index contributed by atoms with van der Waals surface area (Å²) >= 11 is 6.25. The highest BCUT2D eigenvalue weighted by molar-refractivity contribution is 6.37. The number of hydrogen-bond donors (Lipinski definition) is 1. The van der Waals surface area contributed by atoms with Crippen molar-refractivity contribution in [2.75, 3.05) is 19.5 Å². The van der Waals surface area contributed by atoms with Crippen LogP contribution in [0, 0.1) is 0 Å². The number of benzene rings is 2. The molecule has 0 unspecified atom stereocenters. The molecule has 8 heteroatoms. The molecule has 7 nitrogen and oxygen atoms in total. The largest absolute Gasteiger partial charge is 0.496 e. The molecule has 0 fully saturated rings. The molecule has 3 aromatic rings. The van der Waals surface area contributed by atoms with Gasteiger partial charge in [0.1, 0.15) is 17.2 Å². The Morgan fingerprint density at radius 2 is 1.75 bits per heavy atom. The molecule has 2 amide bonds. The van der Waals surface area contributed by atoms with E-state index in [-0.39, 0.29) is 17.8 Å². The molecular weight excluding hydrogens is 430 g/mol. The summed E-state index contributed by atoms with van der Waals surface area (Å²) < 4.78 is 10.6. The van der Waals surface area contributed by atoms with Crippen molar-refractivity contribution >= 4 is 34.7 Å². The van der Waals surface area contributed by atoms with Crippen molar-refractivity contribution in [2.45, 2.75) is 6.54 Å². The molecule has 0 spiro atoms. The number of aromatic nitrogens is 1. The third-order valence-electron chi connectivity index (χ3n) is 5.03. The summed E-state index contributed by atoms with van der Waals surface area (Å²) in [5.41, 5.74) is 2.17. The van der Waals surface area contributed by atoms with Gasteiger partial charge in [0.05, 0.1) is 31.4 Å². The van der Waals surface area contributed by atoms with E-state index in [9.17, 15) is 9.59 Å². The highest BCUT2D eigenvalue weighted by atomic mass is 35.5. The third-order valence-corrected chi connectivity index (χ3v) is 5.32. The monoisotopic (exact) mass is 449 g/mol. The lowest BCUT2D eigenvalue weighted by atomic mass is 10.0. The number of nitrogens with one attached hydrogen (secondary N) is 1. The Bertz CT molecular complexity index is 1210. The number of ether oxygens (including phenoxy) is 2. The van der Waals surface area contributed by atoms with Crippen LogP contribution in [0.3, 0.4) is 0 Å². The lowest BCUT2D eigenvalue weighted by Crippen LogP contribution is -2.32. The van der Waals surface area contributed by atoms with Crippen LogP contribution in [0.4, 0.5) is 5.69 Å². The van der Waals surface area contributed by atoms with Gasteiger partial charge >= 0.3 is 0 Å². The molecule has 0 bridgehead atoms. The molecule has 1 N–H and O–H groups in total. The Hall–Kier alpha value is -3.84. The zero-order valence-corrected chi connectivity index (χ0v) is 18.2. The number of halogens is 1. The first-order chi connectivity index (χ1) is 15.5. The first kappa shape index (κ1) is 21.4. The van der Waals surface area contributed by atoms with Crippen molar-refractivity contribution in [3.8, 4) is 11.5 Å². The van der Waals surface area contributed by atoms with Gasteiger partial charge in [0.15, 0.2) is 0 Å². The fourth-order valence-electron chi connectivity index (χ4n) is 3.50. The molecular formula is C24H20ClN3O4. The maximum absolute atomic E-state index is 13.4. The number of carbonyl (C=O) groups is 2. The van der Waals surface area contributed by atoms with E-state index >= 15 is 0 Å². The fraction of sp³-hybridized carbons (Fsp3) is 0.125. The van der Waals surface area contributed by atoms with E-state index in [1.807, 2.05) is 6.07 Å². The minimum absolute atomic E-state index is 0.0959. The van der Waals surface area contributed by atoms with Crippen LogP contribution in [0.15, 0.2) is 72.7 Å². The molecule has 1 aromatic heterocycles. The van der Waals surface area contributed by atoms with Gasteiger partial charge in [-0.1, -0.05) is 35.9 Å². The highest BCUT2D eigenvalue weighted by Gasteiger charge is 2.40. The zero-order valence-electron chi connectivity index (χ0n) is 17.5. The molecule has 4 rings (SSSR count). The topological polar surface area (TPSA) is 80.8 Å². The number of anilines is 1. The normalized spacial score (nSPS) is 13.5. The van der Waals surface area contributed by atoms with Gasteiger partial charge in [0.2, 0.25) is 0 Å². The number of pyridine rings is 1. The molecule has 2 aromatic carbocycles.